The SMILES string of the molecule is COc1ccc(C2(N=C=O)CC2)c(Br)c1OC. The normalized spacial score (nSPS) is 15.9. The van der Waals surface area contributed by atoms with Gasteiger partial charge in [-0.25, -0.2) is 4.79 Å². The molecule has 1 aliphatic rings. The minimum absolute atomic E-state index is 0.417. The van der Waals surface area contributed by atoms with Crippen LogP contribution in [-0.2, 0) is 10.3 Å². The zero-order chi connectivity index (χ0) is 12.5. The third kappa shape index (κ3) is 1.96. The summed E-state index contributed by atoms with van der Waals surface area (Å²) in [5, 5.41) is 0. The topological polar surface area (TPSA) is 47.9 Å². The van der Waals surface area contributed by atoms with Gasteiger partial charge in [0.1, 0.15) is 0 Å². The van der Waals surface area contributed by atoms with Crippen molar-refractivity contribution in [3.05, 3.63) is 22.2 Å². The van der Waals surface area contributed by atoms with Gasteiger partial charge in [-0.3, -0.25) is 0 Å². The van der Waals surface area contributed by atoms with Crippen LogP contribution in [0.15, 0.2) is 21.6 Å². The highest BCUT2D eigenvalue weighted by Gasteiger charge is 2.46. The quantitative estimate of drug-likeness (QED) is 0.634. The van der Waals surface area contributed by atoms with Gasteiger partial charge in [0.2, 0.25) is 6.08 Å². The third-order valence-corrected chi connectivity index (χ3v) is 3.76. The van der Waals surface area contributed by atoms with Crippen LogP contribution >= 0.6 is 15.9 Å². The van der Waals surface area contributed by atoms with Crippen LogP contribution in [0.1, 0.15) is 18.4 Å². The Balaban J connectivity index is 2.54. The van der Waals surface area contributed by atoms with Crippen LogP contribution in [0, 0.1) is 0 Å². The van der Waals surface area contributed by atoms with Crippen LogP contribution in [0.2, 0.25) is 0 Å². The Morgan fingerprint density at radius 1 is 1.35 bits per heavy atom. The average molecular weight is 298 g/mol. The maximum atomic E-state index is 10.5. The molecule has 1 fully saturated rings. The smallest absolute Gasteiger partial charge is 0.235 e. The molecule has 90 valence electrons. The van der Waals surface area contributed by atoms with Gasteiger partial charge in [0, 0.05) is 0 Å². The number of halogens is 1. The Morgan fingerprint density at radius 3 is 2.53 bits per heavy atom. The monoisotopic (exact) mass is 297 g/mol. The van der Waals surface area contributed by atoms with Gasteiger partial charge in [-0.15, -0.1) is 0 Å². The second-order valence-corrected chi connectivity index (χ2v) is 4.69. The lowest BCUT2D eigenvalue weighted by atomic mass is 10.0. The zero-order valence-corrected chi connectivity index (χ0v) is 11.2. The predicted molar refractivity (Wildman–Crippen MR) is 66.3 cm³/mol. The van der Waals surface area contributed by atoms with E-state index in [1.54, 1.807) is 20.3 Å². The molecule has 0 heterocycles. The Kier molecular flexibility index (Phi) is 3.22. The number of benzene rings is 1. The molecule has 2 rings (SSSR count). The second kappa shape index (κ2) is 4.51. The fourth-order valence-electron chi connectivity index (χ4n) is 1.90. The second-order valence-electron chi connectivity index (χ2n) is 3.90. The summed E-state index contributed by atoms with van der Waals surface area (Å²) in [5.41, 5.74) is 0.527. The molecule has 0 radical (unpaired) electrons. The fraction of sp³-hybridized carbons (Fsp3) is 0.417. The highest BCUT2D eigenvalue weighted by Crippen LogP contribution is 2.54. The first-order valence-electron chi connectivity index (χ1n) is 5.18. The molecule has 0 saturated heterocycles. The van der Waals surface area contributed by atoms with Gasteiger partial charge < -0.3 is 9.47 Å². The molecule has 1 aromatic carbocycles. The van der Waals surface area contributed by atoms with Crippen molar-refractivity contribution in [2.45, 2.75) is 18.4 Å². The van der Waals surface area contributed by atoms with Gasteiger partial charge in [0.05, 0.1) is 24.2 Å². The predicted octanol–water partition coefficient (Wildman–Crippen LogP) is 2.79. The summed E-state index contributed by atoms with van der Waals surface area (Å²) < 4.78 is 11.3. The van der Waals surface area contributed by atoms with Crippen LogP contribution in [-0.4, -0.2) is 20.3 Å². The van der Waals surface area contributed by atoms with Crippen molar-refractivity contribution in [3.63, 3.8) is 0 Å². The van der Waals surface area contributed by atoms with Crippen molar-refractivity contribution in [2.75, 3.05) is 14.2 Å². The van der Waals surface area contributed by atoms with Crippen LogP contribution in [0.25, 0.3) is 0 Å². The molecule has 4 nitrogen and oxygen atoms in total. The van der Waals surface area contributed by atoms with Gasteiger partial charge in [0.15, 0.2) is 11.5 Å². The van der Waals surface area contributed by atoms with Crippen LogP contribution < -0.4 is 9.47 Å². The highest BCUT2D eigenvalue weighted by atomic mass is 79.9. The number of ether oxygens (including phenoxy) is 2. The van der Waals surface area contributed by atoms with E-state index in [0.29, 0.717) is 11.5 Å². The van der Waals surface area contributed by atoms with E-state index in [-0.39, 0.29) is 0 Å². The minimum Gasteiger partial charge on any atom is -0.493 e. The minimum atomic E-state index is -0.417. The van der Waals surface area contributed by atoms with E-state index in [1.807, 2.05) is 12.1 Å². The molecular formula is C12H12BrNO3. The van der Waals surface area contributed by atoms with Crippen molar-refractivity contribution in [1.82, 2.24) is 0 Å². The molecule has 0 aromatic heterocycles. The number of isocyanates is 1. The maximum absolute atomic E-state index is 10.5. The molecular weight excluding hydrogens is 286 g/mol. The molecule has 5 heteroatoms. The summed E-state index contributed by atoms with van der Waals surface area (Å²) >= 11 is 3.48. The Morgan fingerprint density at radius 2 is 2.06 bits per heavy atom. The summed E-state index contributed by atoms with van der Waals surface area (Å²) in [7, 11) is 3.16. The van der Waals surface area contributed by atoms with Crippen LogP contribution in [0.3, 0.4) is 0 Å². The molecule has 0 spiro atoms. The molecule has 1 aromatic rings. The fourth-order valence-corrected chi connectivity index (χ4v) is 2.75. The van der Waals surface area contributed by atoms with E-state index in [4.69, 9.17) is 9.47 Å². The van der Waals surface area contributed by atoms with Crippen molar-refractivity contribution in [3.8, 4) is 11.5 Å². The van der Waals surface area contributed by atoms with E-state index >= 15 is 0 Å². The summed E-state index contributed by atoms with van der Waals surface area (Å²) in [5.74, 6) is 1.27. The van der Waals surface area contributed by atoms with Crippen LogP contribution in [0.4, 0.5) is 0 Å². The molecule has 1 aliphatic carbocycles. The Hall–Kier alpha value is -1.32. The third-order valence-electron chi connectivity index (χ3n) is 2.97. The number of hydrogen-bond acceptors (Lipinski definition) is 4. The lowest BCUT2D eigenvalue weighted by molar-refractivity contribution is 0.352. The van der Waals surface area contributed by atoms with Gasteiger partial charge in [-0.2, -0.15) is 4.99 Å². The number of nitrogens with zero attached hydrogens (tertiary/aromatic N) is 1. The number of aliphatic imine (C=N–C) groups is 1. The average Bonchev–Trinajstić information content (AvgIpc) is 3.09. The van der Waals surface area contributed by atoms with E-state index in [2.05, 4.69) is 20.9 Å². The van der Waals surface area contributed by atoms with E-state index in [1.165, 1.54) is 0 Å². The van der Waals surface area contributed by atoms with Crippen LogP contribution in [0.5, 0.6) is 11.5 Å². The summed E-state index contributed by atoms with van der Waals surface area (Å²) in [6.45, 7) is 0. The Bertz CT molecular complexity index is 491. The van der Waals surface area contributed by atoms with Gasteiger partial charge in [-0.1, -0.05) is 6.07 Å². The first kappa shape index (κ1) is 12.1. The maximum Gasteiger partial charge on any atom is 0.235 e. The Labute approximate surface area is 108 Å². The first-order valence-corrected chi connectivity index (χ1v) is 5.98. The summed E-state index contributed by atoms with van der Waals surface area (Å²) in [6.07, 6.45) is 3.36. The standard InChI is InChI=1S/C12H12BrNO3/c1-16-9-4-3-8(10(13)11(9)17-2)12(5-6-12)14-7-15/h3-4H,5-6H2,1-2H3. The van der Waals surface area contributed by atoms with Gasteiger partial charge in [0.25, 0.3) is 0 Å². The molecule has 0 unspecified atom stereocenters. The van der Waals surface area contributed by atoms with E-state index < -0.39 is 5.54 Å². The van der Waals surface area contributed by atoms with Crippen molar-refractivity contribution < 1.29 is 14.3 Å². The van der Waals surface area contributed by atoms with E-state index in [0.717, 1.165) is 22.9 Å². The number of methoxy groups -OCH3 is 2. The summed E-state index contributed by atoms with van der Waals surface area (Å²) in [4.78, 5) is 14.4. The number of carbonyl (C=O) groups excluding carboxylic acids is 1. The number of rotatable bonds is 4. The van der Waals surface area contributed by atoms with Crippen molar-refractivity contribution in [2.24, 2.45) is 4.99 Å². The van der Waals surface area contributed by atoms with Crippen molar-refractivity contribution in [1.29, 1.82) is 0 Å². The lowest BCUT2D eigenvalue weighted by Gasteiger charge is -2.16. The zero-order valence-electron chi connectivity index (χ0n) is 9.62. The van der Waals surface area contributed by atoms with Gasteiger partial charge >= 0.3 is 0 Å². The molecule has 0 atom stereocenters. The summed E-state index contributed by atoms with van der Waals surface area (Å²) in [6, 6.07) is 3.72. The molecule has 1 saturated carbocycles. The van der Waals surface area contributed by atoms with E-state index in [9.17, 15) is 4.79 Å². The molecule has 0 amide bonds. The molecule has 0 N–H and O–H groups in total. The highest BCUT2D eigenvalue weighted by molar-refractivity contribution is 9.10. The molecule has 0 bridgehead atoms. The first-order chi connectivity index (χ1) is 8.18. The van der Waals surface area contributed by atoms with Gasteiger partial charge in [-0.05, 0) is 40.4 Å². The molecule has 17 heavy (non-hydrogen) atoms. The molecule has 0 aliphatic heterocycles. The largest absolute Gasteiger partial charge is 0.493 e. The number of hydrogen-bond donors (Lipinski definition) is 0. The van der Waals surface area contributed by atoms with Crippen molar-refractivity contribution >= 4 is 22.0 Å². The lowest BCUT2D eigenvalue weighted by Crippen LogP contribution is -2.05.